The number of benzene rings is 1. The Morgan fingerprint density at radius 2 is 1.95 bits per heavy atom. The largest absolute Gasteiger partial charge is 0.352 e. The van der Waals surface area contributed by atoms with E-state index in [-0.39, 0.29) is 11.6 Å². The standard InChI is InChI=1S/C15H20FNO3S/c1-11(15(18)17-13-7-3-4-8-13)21(19,20)10-12-6-2-5-9-14(12)16/h2,5-6,9,11,13H,3-4,7-8,10H2,1H3,(H,17,18). The molecule has 6 heteroatoms. The summed E-state index contributed by atoms with van der Waals surface area (Å²) < 4.78 is 38.0. The van der Waals surface area contributed by atoms with Gasteiger partial charge in [-0.05, 0) is 25.8 Å². The van der Waals surface area contributed by atoms with Crippen molar-refractivity contribution in [2.45, 2.75) is 49.7 Å². The summed E-state index contributed by atoms with van der Waals surface area (Å²) in [5, 5.41) is 1.60. The molecule has 0 radical (unpaired) electrons. The summed E-state index contributed by atoms with van der Waals surface area (Å²) in [6, 6.07) is 5.80. The van der Waals surface area contributed by atoms with Crippen LogP contribution in [-0.4, -0.2) is 25.6 Å². The van der Waals surface area contributed by atoms with E-state index in [0.29, 0.717) is 0 Å². The maximum atomic E-state index is 13.5. The molecule has 0 heterocycles. The quantitative estimate of drug-likeness (QED) is 0.906. The minimum absolute atomic E-state index is 0.0728. The smallest absolute Gasteiger partial charge is 0.238 e. The van der Waals surface area contributed by atoms with Crippen LogP contribution >= 0.6 is 0 Å². The van der Waals surface area contributed by atoms with E-state index >= 15 is 0 Å². The van der Waals surface area contributed by atoms with Crippen LogP contribution in [0.15, 0.2) is 24.3 Å². The van der Waals surface area contributed by atoms with Gasteiger partial charge in [0.2, 0.25) is 5.91 Å². The maximum absolute atomic E-state index is 13.5. The van der Waals surface area contributed by atoms with Gasteiger partial charge in [0.25, 0.3) is 0 Å². The lowest BCUT2D eigenvalue weighted by molar-refractivity contribution is -0.121. The molecule has 21 heavy (non-hydrogen) atoms. The van der Waals surface area contributed by atoms with Crippen molar-refractivity contribution >= 4 is 15.7 Å². The second kappa shape index (κ2) is 6.56. The van der Waals surface area contributed by atoms with Crippen LogP contribution in [0.25, 0.3) is 0 Å². The Morgan fingerprint density at radius 3 is 2.57 bits per heavy atom. The Hall–Kier alpha value is -1.43. The molecule has 1 unspecified atom stereocenters. The molecular formula is C15H20FNO3S. The van der Waals surface area contributed by atoms with E-state index < -0.39 is 32.6 Å². The first-order valence-corrected chi connectivity index (χ1v) is 8.87. The molecule has 1 aliphatic rings. The number of hydrogen-bond acceptors (Lipinski definition) is 3. The van der Waals surface area contributed by atoms with E-state index in [0.717, 1.165) is 25.7 Å². The SMILES string of the molecule is CC(C(=O)NC1CCCC1)S(=O)(=O)Cc1ccccc1F. The molecule has 4 nitrogen and oxygen atoms in total. The van der Waals surface area contributed by atoms with Gasteiger partial charge in [0, 0.05) is 11.6 Å². The van der Waals surface area contributed by atoms with E-state index in [1.54, 1.807) is 6.07 Å². The average Bonchev–Trinajstić information content (AvgIpc) is 2.93. The number of rotatable bonds is 5. The van der Waals surface area contributed by atoms with Crippen LogP contribution in [0.4, 0.5) is 4.39 Å². The van der Waals surface area contributed by atoms with Gasteiger partial charge in [-0.25, -0.2) is 12.8 Å². The van der Waals surface area contributed by atoms with Gasteiger partial charge in [0.15, 0.2) is 9.84 Å². The molecule has 1 aromatic rings. The highest BCUT2D eigenvalue weighted by Gasteiger charge is 2.30. The van der Waals surface area contributed by atoms with Gasteiger partial charge in [0.1, 0.15) is 11.1 Å². The fraction of sp³-hybridized carbons (Fsp3) is 0.533. The maximum Gasteiger partial charge on any atom is 0.238 e. The van der Waals surface area contributed by atoms with Crippen LogP contribution in [0.3, 0.4) is 0 Å². The lowest BCUT2D eigenvalue weighted by atomic mass is 10.2. The van der Waals surface area contributed by atoms with Gasteiger partial charge >= 0.3 is 0 Å². The highest BCUT2D eigenvalue weighted by atomic mass is 32.2. The molecule has 0 spiro atoms. The fourth-order valence-electron chi connectivity index (χ4n) is 2.51. The molecule has 116 valence electrons. The number of nitrogens with one attached hydrogen (secondary N) is 1. The summed E-state index contributed by atoms with van der Waals surface area (Å²) in [5.41, 5.74) is 0.0954. The Labute approximate surface area is 124 Å². The molecule has 1 fully saturated rings. The van der Waals surface area contributed by atoms with E-state index in [2.05, 4.69) is 5.32 Å². The molecule has 0 saturated heterocycles. The molecule has 1 atom stereocenters. The predicted molar refractivity (Wildman–Crippen MR) is 78.9 cm³/mol. The summed E-state index contributed by atoms with van der Waals surface area (Å²) in [7, 11) is -3.73. The molecule has 0 bridgehead atoms. The first-order chi connectivity index (χ1) is 9.90. The number of amides is 1. The number of hydrogen-bond donors (Lipinski definition) is 1. The molecule has 1 aliphatic carbocycles. The summed E-state index contributed by atoms with van der Waals surface area (Å²) in [4.78, 5) is 12.0. The van der Waals surface area contributed by atoms with Gasteiger partial charge in [-0.15, -0.1) is 0 Å². The Kier molecular flexibility index (Phi) is 4.98. The fourth-order valence-corrected chi connectivity index (χ4v) is 3.82. The molecular weight excluding hydrogens is 293 g/mol. The predicted octanol–water partition coefficient (Wildman–Crippen LogP) is 2.19. The zero-order valence-electron chi connectivity index (χ0n) is 12.0. The number of sulfone groups is 1. The average molecular weight is 313 g/mol. The Balaban J connectivity index is 2.04. The minimum atomic E-state index is -3.73. The second-order valence-corrected chi connectivity index (χ2v) is 7.85. The monoisotopic (exact) mass is 313 g/mol. The first-order valence-electron chi connectivity index (χ1n) is 7.15. The third-order valence-electron chi connectivity index (χ3n) is 3.92. The lowest BCUT2D eigenvalue weighted by Crippen LogP contribution is -2.42. The third kappa shape index (κ3) is 4.03. The zero-order valence-corrected chi connectivity index (χ0v) is 12.8. The first kappa shape index (κ1) is 15.9. The van der Waals surface area contributed by atoms with E-state index in [4.69, 9.17) is 0 Å². The molecule has 1 amide bonds. The second-order valence-electron chi connectivity index (χ2n) is 5.53. The van der Waals surface area contributed by atoms with Gasteiger partial charge in [-0.2, -0.15) is 0 Å². The Morgan fingerprint density at radius 1 is 1.33 bits per heavy atom. The lowest BCUT2D eigenvalue weighted by Gasteiger charge is -2.17. The van der Waals surface area contributed by atoms with Crippen molar-refractivity contribution in [2.75, 3.05) is 0 Å². The Bertz CT molecular complexity index is 609. The van der Waals surface area contributed by atoms with Crippen molar-refractivity contribution < 1.29 is 17.6 Å². The van der Waals surface area contributed by atoms with Gasteiger partial charge < -0.3 is 5.32 Å². The molecule has 1 saturated carbocycles. The van der Waals surface area contributed by atoms with Crippen LogP contribution < -0.4 is 5.32 Å². The number of carbonyl (C=O) groups is 1. The zero-order chi connectivity index (χ0) is 15.5. The number of halogens is 1. The van der Waals surface area contributed by atoms with Crippen molar-refractivity contribution in [3.63, 3.8) is 0 Å². The van der Waals surface area contributed by atoms with Gasteiger partial charge in [-0.1, -0.05) is 31.0 Å². The molecule has 0 aliphatic heterocycles. The van der Waals surface area contributed by atoms with Crippen molar-refractivity contribution in [1.29, 1.82) is 0 Å². The molecule has 0 aromatic heterocycles. The van der Waals surface area contributed by atoms with Crippen molar-refractivity contribution in [3.8, 4) is 0 Å². The van der Waals surface area contributed by atoms with Gasteiger partial charge in [-0.3, -0.25) is 4.79 Å². The van der Waals surface area contributed by atoms with Crippen LogP contribution in [0.5, 0.6) is 0 Å². The third-order valence-corrected chi connectivity index (χ3v) is 5.93. The highest BCUT2D eigenvalue weighted by Crippen LogP contribution is 2.19. The van der Waals surface area contributed by atoms with E-state index in [9.17, 15) is 17.6 Å². The highest BCUT2D eigenvalue weighted by molar-refractivity contribution is 7.92. The van der Waals surface area contributed by atoms with Gasteiger partial charge in [0.05, 0.1) is 5.75 Å². The molecule has 1 aromatic carbocycles. The van der Waals surface area contributed by atoms with Crippen LogP contribution in [0.1, 0.15) is 38.2 Å². The van der Waals surface area contributed by atoms with Crippen LogP contribution in [-0.2, 0) is 20.4 Å². The van der Waals surface area contributed by atoms with Crippen molar-refractivity contribution in [2.24, 2.45) is 0 Å². The number of carbonyl (C=O) groups excluding carboxylic acids is 1. The van der Waals surface area contributed by atoms with Crippen LogP contribution in [0, 0.1) is 5.82 Å². The molecule has 2 rings (SSSR count). The topological polar surface area (TPSA) is 63.2 Å². The summed E-state index contributed by atoms with van der Waals surface area (Å²) in [6.07, 6.45) is 3.90. The summed E-state index contributed by atoms with van der Waals surface area (Å²) in [5.74, 6) is -1.51. The normalized spacial score (nSPS) is 17.6. The van der Waals surface area contributed by atoms with Crippen molar-refractivity contribution in [1.82, 2.24) is 5.32 Å². The van der Waals surface area contributed by atoms with E-state index in [1.165, 1.54) is 25.1 Å². The summed E-state index contributed by atoms with van der Waals surface area (Å²) >= 11 is 0. The van der Waals surface area contributed by atoms with E-state index in [1.807, 2.05) is 0 Å². The minimum Gasteiger partial charge on any atom is -0.352 e. The molecule has 1 N–H and O–H groups in total. The summed E-state index contributed by atoms with van der Waals surface area (Å²) in [6.45, 7) is 1.36. The van der Waals surface area contributed by atoms with Crippen molar-refractivity contribution in [3.05, 3.63) is 35.6 Å². The van der Waals surface area contributed by atoms with Crippen LogP contribution in [0.2, 0.25) is 0 Å².